The highest BCUT2D eigenvalue weighted by Gasteiger charge is 2.28. The molecular formula is C18H26O4. The summed E-state index contributed by atoms with van der Waals surface area (Å²) in [5, 5.41) is 0. The van der Waals surface area contributed by atoms with Crippen LogP contribution in [0.15, 0.2) is 24.3 Å². The monoisotopic (exact) mass is 306 g/mol. The number of esters is 2. The van der Waals surface area contributed by atoms with E-state index in [0.717, 1.165) is 19.3 Å². The van der Waals surface area contributed by atoms with Crippen LogP contribution in [0.4, 0.5) is 0 Å². The van der Waals surface area contributed by atoms with E-state index >= 15 is 0 Å². The van der Waals surface area contributed by atoms with Crippen LogP contribution in [0, 0.1) is 5.92 Å². The highest BCUT2D eigenvalue weighted by molar-refractivity contribution is 5.91. The van der Waals surface area contributed by atoms with Gasteiger partial charge in [0.25, 0.3) is 0 Å². The first kappa shape index (κ1) is 18.2. The van der Waals surface area contributed by atoms with E-state index in [1.807, 2.05) is 26.0 Å². The third-order valence-corrected chi connectivity index (χ3v) is 3.37. The van der Waals surface area contributed by atoms with Gasteiger partial charge >= 0.3 is 11.9 Å². The average molecular weight is 306 g/mol. The molecular weight excluding hydrogens is 280 g/mol. The molecule has 1 rings (SSSR count). The number of hydrogen-bond donors (Lipinski definition) is 0. The van der Waals surface area contributed by atoms with Gasteiger partial charge in [0.15, 0.2) is 0 Å². The molecule has 0 bridgehead atoms. The van der Waals surface area contributed by atoms with E-state index in [1.54, 1.807) is 19.1 Å². The van der Waals surface area contributed by atoms with Gasteiger partial charge < -0.3 is 9.47 Å². The molecule has 1 aromatic rings. The lowest BCUT2D eigenvalue weighted by atomic mass is 10.1. The first-order valence-electron chi connectivity index (χ1n) is 7.96. The van der Waals surface area contributed by atoms with Gasteiger partial charge in [0.2, 0.25) is 6.10 Å². The zero-order valence-electron chi connectivity index (χ0n) is 13.9. The zero-order valence-corrected chi connectivity index (χ0v) is 13.9. The van der Waals surface area contributed by atoms with E-state index in [9.17, 15) is 9.59 Å². The predicted molar refractivity (Wildman–Crippen MR) is 85.7 cm³/mol. The van der Waals surface area contributed by atoms with Crippen LogP contribution in [0.5, 0.6) is 0 Å². The highest BCUT2D eigenvalue weighted by atomic mass is 16.6. The second-order valence-corrected chi connectivity index (χ2v) is 5.62. The Hall–Kier alpha value is -1.84. The summed E-state index contributed by atoms with van der Waals surface area (Å²) in [6, 6.07) is 7.35. The summed E-state index contributed by atoms with van der Waals surface area (Å²) in [6.45, 7) is 7.79. The Morgan fingerprint density at radius 3 is 2.23 bits per heavy atom. The summed E-state index contributed by atoms with van der Waals surface area (Å²) >= 11 is 0. The van der Waals surface area contributed by atoms with E-state index in [2.05, 4.69) is 6.92 Å². The molecule has 4 nitrogen and oxygen atoms in total. The fraction of sp³-hybridized carbons (Fsp3) is 0.556. The van der Waals surface area contributed by atoms with Crippen molar-refractivity contribution in [2.75, 3.05) is 6.61 Å². The van der Waals surface area contributed by atoms with Crippen molar-refractivity contribution in [3.05, 3.63) is 35.4 Å². The minimum Gasteiger partial charge on any atom is -0.463 e. The molecule has 0 amide bonds. The molecule has 0 aliphatic rings. The van der Waals surface area contributed by atoms with Crippen molar-refractivity contribution in [2.45, 2.75) is 53.1 Å². The zero-order chi connectivity index (χ0) is 16.5. The van der Waals surface area contributed by atoms with Gasteiger partial charge in [-0.05, 0) is 37.5 Å². The number of hydrogen-bond acceptors (Lipinski definition) is 4. The number of carbonyl (C=O) groups excluding carboxylic acids is 2. The van der Waals surface area contributed by atoms with Crippen LogP contribution in [0.3, 0.4) is 0 Å². The van der Waals surface area contributed by atoms with Gasteiger partial charge in [-0.15, -0.1) is 0 Å². The summed E-state index contributed by atoms with van der Waals surface area (Å²) in [5.41, 5.74) is 1.65. The van der Waals surface area contributed by atoms with Gasteiger partial charge in [0, 0.05) is 5.92 Å². The number of unbranched alkanes of at least 4 members (excludes halogenated alkanes) is 1. The fourth-order valence-corrected chi connectivity index (χ4v) is 2.05. The second-order valence-electron chi connectivity index (χ2n) is 5.62. The van der Waals surface area contributed by atoms with Crippen molar-refractivity contribution in [3.63, 3.8) is 0 Å². The van der Waals surface area contributed by atoms with E-state index < -0.39 is 18.0 Å². The molecule has 0 heterocycles. The Labute approximate surface area is 132 Å². The summed E-state index contributed by atoms with van der Waals surface area (Å²) in [4.78, 5) is 24.0. The first-order chi connectivity index (χ1) is 10.5. The fourth-order valence-electron chi connectivity index (χ4n) is 2.05. The summed E-state index contributed by atoms with van der Waals surface area (Å²) in [6.07, 6.45) is 2.40. The number of ether oxygens (including phenoxy) is 2. The van der Waals surface area contributed by atoms with Crippen LogP contribution < -0.4 is 0 Å². The topological polar surface area (TPSA) is 52.6 Å². The number of carbonyl (C=O) groups is 2. The third-order valence-electron chi connectivity index (χ3n) is 3.37. The van der Waals surface area contributed by atoms with Crippen LogP contribution in [0.1, 0.15) is 56.5 Å². The molecule has 0 aliphatic carbocycles. The Balaban J connectivity index is 2.71. The van der Waals surface area contributed by atoms with E-state index in [0.29, 0.717) is 5.56 Å². The molecule has 0 saturated carbocycles. The van der Waals surface area contributed by atoms with Crippen LogP contribution in [0.2, 0.25) is 0 Å². The van der Waals surface area contributed by atoms with Gasteiger partial charge in [0.1, 0.15) is 0 Å². The van der Waals surface area contributed by atoms with E-state index in [4.69, 9.17) is 9.47 Å². The van der Waals surface area contributed by atoms with Crippen LogP contribution in [0.25, 0.3) is 0 Å². The van der Waals surface area contributed by atoms with Gasteiger partial charge in [-0.3, -0.25) is 0 Å². The number of rotatable bonds is 8. The maximum atomic E-state index is 12.2. The minimum absolute atomic E-state index is 0.133. The van der Waals surface area contributed by atoms with Gasteiger partial charge in [-0.2, -0.15) is 0 Å². The largest absolute Gasteiger partial charge is 0.463 e. The lowest BCUT2D eigenvalue weighted by molar-refractivity contribution is -0.155. The molecule has 0 spiro atoms. The highest BCUT2D eigenvalue weighted by Crippen LogP contribution is 2.14. The number of aryl methyl sites for hydroxylation is 1. The third kappa shape index (κ3) is 5.51. The van der Waals surface area contributed by atoms with E-state index in [1.165, 1.54) is 5.56 Å². The maximum absolute atomic E-state index is 12.2. The minimum atomic E-state index is -0.868. The molecule has 0 saturated heterocycles. The Bertz CT molecular complexity index is 476. The van der Waals surface area contributed by atoms with Crippen LogP contribution >= 0.6 is 0 Å². The van der Waals surface area contributed by atoms with Crippen molar-refractivity contribution in [3.8, 4) is 0 Å². The van der Waals surface area contributed by atoms with Crippen molar-refractivity contribution < 1.29 is 19.1 Å². The van der Waals surface area contributed by atoms with Gasteiger partial charge in [-0.1, -0.05) is 39.3 Å². The Morgan fingerprint density at radius 1 is 1.09 bits per heavy atom. The molecule has 4 heteroatoms. The van der Waals surface area contributed by atoms with Gasteiger partial charge in [-0.25, -0.2) is 9.59 Å². The molecule has 1 atom stereocenters. The SMILES string of the molecule is CCCCc1ccc(C(=O)OC(C(=O)OCC)C(C)C)cc1. The van der Waals surface area contributed by atoms with Gasteiger partial charge in [0.05, 0.1) is 12.2 Å². The van der Waals surface area contributed by atoms with Crippen molar-refractivity contribution in [1.29, 1.82) is 0 Å². The summed E-state index contributed by atoms with van der Waals surface area (Å²) < 4.78 is 10.3. The first-order valence-corrected chi connectivity index (χ1v) is 7.96. The molecule has 0 fully saturated rings. The summed E-state index contributed by atoms with van der Waals surface area (Å²) in [5.74, 6) is -1.12. The lowest BCUT2D eigenvalue weighted by Crippen LogP contribution is -2.33. The lowest BCUT2D eigenvalue weighted by Gasteiger charge is -2.19. The molecule has 22 heavy (non-hydrogen) atoms. The Kier molecular flexibility index (Phi) is 7.64. The predicted octanol–water partition coefficient (Wildman–Crippen LogP) is 3.77. The van der Waals surface area contributed by atoms with Crippen molar-refractivity contribution in [1.82, 2.24) is 0 Å². The molecule has 0 radical (unpaired) electrons. The van der Waals surface area contributed by atoms with Crippen LogP contribution in [-0.4, -0.2) is 24.6 Å². The van der Waals surface area contributed by atoms with Crippen LogP contribution in [-0.2, 0) is 20.7 Å². The molecule has 0 N–H and O–H groups in total. The number of benzene rings is 1. The van der Waals surface area contributed by atoms with Crippen molar-refractivity contribution in [2.24, 2.45) is 5.92 Å². The normalized spacial score (nSPS) is 12.0. The standard InChI is InChI=1S/C18H26O4/c1-5-7-8-14-9-11-15(12-10-14)17(19)22-16(13(3)4)18(20)21-6-2/h9-13,16H,5-8H2,1-4H3. The smallest absolute Gasteiger partial charge is 0.347 e. The quantitative estimate of drug-likeness (QED) is 0.686. The summed E-state index contributed by atoms with van der Waals surface area (Å²) in [7, 11) is 0. The van der Waals surface area contributed by atoms with E-state index in [-0.39, 0.29) is 12.5 Å². The maximum Gasteiger partial charge on any atom is 0.347 e. The second kappa shape index (κ2) is 9.23. The molecule has 0 aromatic heterocycles. The molecule has 0 aliphatic heterocycles. The molecule has 122 valence electrons. The Morgan fingerprint density at radius 2 is 1.73 bits per heavy atom. The average Bonchev–Trinajstić information content (AvgIpc) is 2.50. The molecule has 1 unspecified atom stereocenters. The van der Waals surface area contributed by atoms with Crippen molar-refractivity contribution >= 4 is 11.9 Å². The molecule has 1 aromatic carbocycles.